The van der Waals surface area contributed by atoms with Crippen LogP contribution < -0.4 is 4.90 Å². The molecule has 1 saturated heterocycles. The summed E-state index contributed by atoms with van der Waals surface area (Å²) in [4.78, 5) is 26.4. The van der Waals surface area contributed by atoms with E-state index in [1.54, 1.807) is 42.5 Å². The van der Waals surface area contributed by atoms with Crippen LogP contribution in [0.4, 0.5) is 32.0 Å². The minimum absolute atomic E-state index is 0.0322. The molecule has 3 aromatic rings. The zero-order chi connectivity index (χ0) is 25.4. The van der Waals surface area contributed by atoms with Crippen molar-refractivity contribution in [3.63, 3.8) is 0 Å². The Morgan fingerprint density at radius 1 is 0.943 bits per heavy atom. The van der Waals surface area contributed by atoms with Crippen molar-refractivity contribution in [3.8, 4) is 11.5 Å². The molecule has 2 aromatic carbocycles. The van der Waals surface area contributed by atoms with E-state index in [2.05, 4.69) is 14.6 Å². The van der Waals surface area contributed by atoms with Gasteiger partial charge in [0.25, 0.3) is 0 Å². The van der Waals surface area contributed by atoms with E-state index in [9.17, 15) is 35.9 Å². The number of para-hydroxylation sites is 1. The van der Waals surface area contributed by atoms with Crippen molar-refractivity contribution in [2.24, 2.45) is 5.92 Å². The molecule has 0 spiro atoms. The SMILES string of the molecule is O=C(C1CN(C(=O)C(F)(F)F)C1)N(Cc1ccc(-c2nnc(C(F)(F)F)o2)cc1)c1ccccc1. The van der Waals surface area contributed by atoms with Crippen molar-refractivity contribution in [2.75, 3.05) is 18.0 Å². The van der Waals surface area contributed by atoms with Crippen LogP contribution in [-0.4, -0.2) is 46.2 Å². The predicted octanol–water partition coefficient (Wildman–Crippen LogP) is 4.31. The van der Waals surface area contributed by atoms with E-state index in [1.165, 1.54) is 17.0 Å². The second-order valence-corrected chi connectivity index (χ2v) is 7.77. The molecule has 2 amide bonds. The Morgan fingerprint density at radius 2 is 1.57 bits per heavy atom. The number of hydrogen-bond acceptors (Lipinski definition) is 5. The van der Waals surface area contributed by atoms with Gasteiger partial charge in [0.2, 0.25) is 11.8 Å². The lowest BCUT2D eigenvalue weighted by Gasteiger charge is -2.40. The first-order valence-electron chi connectivity index (χ1n) is 10.2. The van der Waals surface area contributed by atoms with Crippen LogP contribution in [0.25, 0.3) is 11.5 Å². The van der Waals surface area contributed by atoms with E-state index < -0.39 is 36.0 Å². The van der Waals surface area contributed by atoms with E-state index in [4.69, 9.17) is 0 Å². The third kappa shape index (κ3) is 5.28. The second kappa shape index (κ2) is 9.04. The molecule has 7 nitrogen and oxygen atoms in total. The van der Waals surface area contributed by atoms with E-state index in [1.807, 2.05) is 0 Å². The summed E-state index contributed by atoms with van der Waals surface area (Å²) in [7, 11) is 0. The number of amides is 2. The van der Waals surface area contributed by atoms with Gasteiger partial charge in [-0.2, -0.15) is 26.3 Å². The van der Waals surface area contributed by atoms with Gasteiger partial charge >= 0.3 is 24.2 Å². The van der Waals surface area contributed by atoms with Crippen molar-refractivity contribution in [2.45, 2.75) is 18.9 Å². The molecule has 0 unspecified atom stereocenters. The minimum Gasteiger partial charge on any atom is -0.413 e. The van der Waals surface area contributed by atoms with E-state index in [-0.39, 0.29) is 31.1 Å². The number of aromatic nitrogens is 2. The molecule has 1 aliphatic rings. The van der Waals surface area contributed by atoms with E-state index >= 15 is 0 Å². The highest BCUT2D eigenvalue weighted by molar-refractivity contribution is 5.97. The zero-order valence-electron chi connectivity index (χ0n) is 17.7. The number of rotatable bonds is 5. The molecule has 0 saturated carbocycles. The molecule has 0 N–H and O–H groups in total. The fraction of sp³-hybridized carbons (Fsp3) is 0.273. The summed E-state index contributed by atoms with van der Waals surface area (Å²) in [6.07, 6.45) is -9.78. The number of halogens is 6. The normalized spacial score (nSPS) is 14.5. The highest BCUT2D eigenvalue weighted by Gasteiger charge is 2.48. The summed E-state index contributed by atoms with van der Waals surface area (Å²) in [5.74, 6) is -5.06. The van der Waals surface area contributed by atoms with Gasteiger partial charge in [0, 0.05) is 24.3 Å². The van der Waals surface area contributed by atoms with Crippen LogP contribution in [0.3, 0.4) is 0 Å². The smallest absolute Gasteiger partial charge is 0.413 e. The van der Waals surface area contributed by atoms with Gasteiger partial charge in [0.05, 0.1) is 12.5 Å². The van der Waals surface area contributed by atoms with Gasteiger partial charge in [-0.05, 0) is 29.8 Å². The fourth-order valence-electron chi connectivity index (χ4n) is 3.49. The highest BCUT2D eigenvalue weighted by Crippen LogP contribution is 2.31. The van der Waals surface area contributed by atoms with Crippen molar-refractivity contribution in [1.29, 1.82) is 0 Å². The Bertz CT molecular complexity index is 1200. The van der Waals surface area contributed by atoms with Crippen molar-refractivity contribution >= 4 is 17.5 Å². The molecule has 184 valence electrons. The van der Waals surface area contributed by atoms with Gasteiger partial charge in [0.15, 0.2) is 0 Å². The largest absolute Gasteiger partial charge is 0.471 e. The molecule has 4 rings (SSSR count). The van der Waals surface area contributed by atoms with E-state index in [0.717, 1.165) is 0 Å². The molecule has 2 heterocycles. The number of anilines is 1. The van der Waals surface area contributed by atoms with Crippen LogP contribution >= 0.6 is 0 Å². The summed E-state index contributed by atoms with van der Waals surface area (Å²) in [6.45, 7) is -0.666. The highest BCUT2D eigenvalue weighted by atomic mass is 19.4. The van der Waals surface area contributed by atoms with Gasteiger partial charge in [-0.25, -0.2) is 0 Å². The third-order valence-corrected chi connectivity index (χ3v) is 5.30. The molecular weight excluding hydrogens is 482 g/mol. The monoisotopic (exact) mass is 498 g/mol. The lowest BCUT2D eigenvalue weighted by Crippen LogP contribution is -2.59. The summed E-state index contributed by atoms with van der Waals surface area (Å²) in [6, 6.07) is 14.4. The first kappa shape index (κ1) is 24.2. The molecule has 1 aliphatic heterocycles. The van der Waals surface area contributed by atoms with Gasteiger partial charge in [0.1, 0.15) is 0 Å². The number of benzene rings is 2. The molecule has 1 aromatic heterocycles. The Labute approximate surface area is 193 Å². The van der Waals surface area contributed by atoms with Crippen LogP contribution in [0.15, 0.2) is 59.0 Å². The molecule has 35 heavy (non-hydrogen) atoms. The maximum Gasteiger partial charge on any atom is 0.471 e. The number of carbonyl (C=O) groups is 2. The standard InChI is InChI=1S/C22H16F6N4O3/c23-21(24,25)19-30-29-17(35-19)14-8-6-13(7-9-14)10-32(16-4-2-1-3-5-16)18(33)15-11-31(12-15)20(34)22(26,27)28/h1-9,15H,10-12H2. The van der Waals surface area contributed by atoms with Crippen LogP contribution in [0, 0.1) is 5.92 Å². The summed E-state index contributed by atoms with van der Waals surface area (Å²) >= 11 is 0. The molecule has 0 atom stereocenters. The van der Waals surface area contributed by atoms with Crippen LogP contribution in [0.2, 0.25) is 0 Å². The number of nitrogens with zero attached hydrogens (tertiary/aromatic N) is 4. The topological polar surface area (TPSA) is 79.5 Å². The number of carbonyl (C=O) groups excluding carboxylic acids is 2. The Balaban J connectivity index is 1.49. The van der Waals surface area contributed by atoms with Crippen LogP contribution in [0.1, 0.15) is 11.5 Å². The summed E-state index contributed by atoms with van der Waals surface area (Å²) in [5.41, 5.74) is 1.31. The number of alkyl halides is 6. The Hall–Kier alpha value is -3.90. The first-order valence-corrected chi connectivity index (χ1v) is 10.2. The van der Waals surface area contributed by atoms with Gasteiger partial charge in [-0.1, -0.05) is 30.3 Å². The Morgan fingerprint density at radius 3 is 2.11 bits per heavy atom. The molecular formula is C22H16F6N4O3. The number of hydrogen-bond donors (Lipinski definition) is 0. The average Bonchev–Trinajstić information content (AvgIpc) is 3.28. The lowest BCUT2D eigenvalue weighted by molar-refractivity contribution is -0.191. The minimum atomic E-state index is -5.01. The molecule has 0 bridgehead atoms. The van der Waals surface area contributed by atoms with Crippen molar-refractivity contribution in [1.82, 2.24) is 15.1 Å². The second-order valence-electron chi connectivity index (χ2n) is 7.77. The van der Waals surface area contributed by atoms with Gasteiger partial charge in [-0.3, -0.25) is 9.59 Å². The van der Waals surface area contributed by atoms with Crippen molar-refractivity contribution in [3.05, 3.63) is 66.1 Å². The summed E-state index contributed by atoms with van der Waals surface area (Å²) < 4.78 is 80.5. The lowest BCUT2D eigenvalue weighted by atomic mass is 9.97. The van der Waals surface area contributed by atoms with Gasteiger partial charge < -0.3 is 14.2 Å². The summed E-state index contributed by atoms with van der Waals surface area (Å²) in [5, 5.41) is 6.36. The molecule has 13 heteroatoms. The van der Waals surface area contributed by atoms with Crippen molar-refractivity contribution < 1.29 is 40.3 Å². The van der Waals surface area contributed by atoms with Crippen LogP contribution in [-0.2, 0) is 22.3 Å². The zero-order valence-corrected chi connectivity index (χ0v) is 17.7. The average molecular weight is 498 g/mol. The number of likely N-dealkylation sites (tertiary alicyclic amines) is 1. The molecule has 1 fully saturated rings. The predicted molar refractivity (Wildman–Crippen MR) is 108 cm³/mol. The fourth-order valence-corrected chi connectivity index (χ4v) is 3.49. The van der Waals surface area contributed by atoms with Gasteiger partial charge in [-0.15, -0.1) is 10.2 Å². The van der Waals surface area contributed by atoms with Crippen LogP contribution in [0.5, 0.6) is 0 Å². The molecule has 0 aliphatic carbocycles. The third-order valence-electron chi connectivity index (χ3n) is 5.30. The molecule has 0 radical (unpaired) electrons. The Kier molecular flexibility index (Phi) is 6.26. The van der Waals surface area contributed by atoms with E-state index in [0.29, 0.717) is 16.2 Å². The maximum atomic E-state index is 13.1. The quantitative estimate of drug-likeness (QED) is 0.490. The first-order chi connectivity index (χ1) is 16.4. The maximum absolute atomic E-state index is 13.1.